The summed E-state index contributed by atoms with van der Waals surface area (Å²) in [4.78, 5) is 23.3. The first-order valence-corrected chi connectivity index (χ1v) is 3.86. The minimum Gasteiger partial charge on any atom is -0.475 e. The fourth-order valence-electron chi connectivity index (χ4n) is 0.679. The Labute approximate surface area is 80.5 Å². The van der Waals surface area contributed by atoms with E-state index in [1.54, 1.807) is 0 Å². The van der Waals surface area contributed by atoms with Crippen molar-refractivity contribution in [1.82, 2.24) is 4.98 Å². The molecule has 0 saturated heterocycles. The summed E-state index contributed by atoms with van der Waals surface area (Å²) in [7, 11) is 0. The lowest BCUT2D eigenvalue weighted by Crippen LogP contribution is -2.03. The van der Waals surface area contributed by atoms with Gasteiger partial charge in [0.25, 0.3) is 5.69 Å². The third-order valence-corrected chi connectivity index (χ3v) is 1.84. The first-order valence-electron chi connectivity index (χ1n) is 3.06. The van der Waals surface area contributed by atoms with Crippen LogP contribution < -0.4 is 0 Å². The van der Waals surface area contributed by atoms with E-state index in [4.69, 9.17) is 5.11 Å². The van der Waals surface area contributed by atoms with Gasteiger partial charge in [-0.3, -0.25) is 0 Å². The molecule has 0 unspecified atom stereocenters. The van der Waals surface area contributed by atoms with Gasteiger partial charge in [0.15, 0.2) is 0 Å². The number of aromatic nitrogens is 1. The van der Waals surface area contributed by atoms with Crippen LogP contribution >= 0.6 is 15.9 Å². The summed E-state index contributed by atoms with van der Waals surface area (Å²) in [6.07, 6.45) is 0. The van der Waals surface area contributed by atoms with E-state index >= 15 is 0 Å². The number of carboxylic acids is 1. The van der Waals surface area contributed by atoms with E-state index in [9.17, 15) is 14.9 Å². The molecular formula is C6H3BrN2O4. The van der Waals surface area contributed by atoms with Crippen molar-refractivity contribution in [3.63, 3.8) is 0 Å². The van der Waals surface area contributed by atoms with Crippen LogP contribution in [0.5, 0.6) is 0 Å². The van der Waals surface area contributed by atoms with Crippen molar-refractivity contribution in [2.75, 3.05) is 0 Å². The molecule has 0 fully saturated rings. The molecule has 7 heteroatoms. The molecule has 0 aliphatic carbocycles. The summed E-state index contributed by atoms with van der Waals surface area (Å²) in [6.45, 7) is 0. The SMILES string of the molecule is O=C(O)c1ccc(Br)c([N+](=O)[O-])n1. The van der Waals surface area contributed by atoms with Gasteiger partial charge in [-0.25, -0.2) is 4.79 Å². The van der Waals surface area contributed by atoms with Crippen LogP contribution in [0.15, 0.2) is 16.6 Å². The number of hydrogen-bond acceptors (Lipinski definition) is 4. The number of carboxylic acid groups (broad SMARTS) is 1. The Hall–Kier alpha value is -1.50. The van der Waals surface area contributed by atoms with Crippen LogP contribution in [-0.2, 0) is 0 Å². The molecule has 0 atom stereocenters. The van der Waals surface area contributed by atoms with Crippen LogP contribution in [0.2, 0.25) is 0 Å². The molecule has 0 bridgehead atoms. The highest BCUT2D eigenvalue weighted by atomic mass is 79.9. The zero-order valence-electron chi connectivity index (χ0n) is 6.10. The highest BCUT2D eigenvalue weighted by Crippen LogP contribution is 2.21. The number of pyridine rings is 1. The molecule has 1 N–H and O–H groups in total. The van der Waals surface area contributed by atoms with E-state index in [1.807, 2.05) is 0 Å². The molecule has 1 aromatic heterocycles. The van der Waals surface area contributed by atoms with Gasteiger partial charge < -0.3 is 15.2 Å². The number of rotatable bonds is 2. The van der Waals surface area contributed by atoms with Crippen molar-refractivity contribution in [2.45, 2.75) is 0 Å². The zero-order chi connectivity index (χ0) is 10.0. The molecule has 6 nitrogen and oxygen atoms in total. The molecule has 0 saturated carbocycles. The van der Waals surface area contributed by atoms with E-state index < -0.39 is 16.7 Å². The first kappa shape index (κ1) is 9.59. The van der Waals surface area contributed by atoms with E-state index in [2.05, 4.69) is 20.9 Å². The first-order chi connectivity index (χ1) is 6.02. The number of halogens is 1. The smallest absolute Gasteiger partial charge is 0.380 e. The monoisotopic (exact) mass is 246 g/mol. The fourth-order valence-corrected chi connectivity index (χ4v) is 1.04. The molecule has 0 spiro atoms. The Morgan fingerprint density at radius 2 is 2.23 bits per heavy atom. The van der Waals surface area contributed by atoms with Gasteiger partial charge in [-0.15, -0.1) is 0 Å². The second-order valence-electron chi connectivity index (χ2n) is 2.06. The van der Waals surface area contributed by atoms with Crippen molar-refractivity contribution in [1.29, 1.82) is 0 Å². The maximum atomic E-state index is 10.4. The van der Waals surface area contributed by atoms with Crippen molar-refractivity contribution < 1.29 is 14.8 Å². The number of nitro groups is 1. The van der Waals surface area contributed by atoms with Gasteiger partial charge in [-0.05, 0) is 38.0 Å². The molecule has 1 heterocycles. The molecule has 13 heavy (non-hydrogen) atoms. The highest BCUT2D eigenvalue weighted by molar-refractivity contribution is 9.10. The Morgan fingerprint density at radius 1 is 1.62 bits per heavy atom. The molecular weight excluding hydrogens is 244 g/mol. The molecule has 0 radical (unpaired) electrons. The molecule has 0 aliphatic rings. The fraction of sp³-hybridized carbons (Fsp3) is 0. The summed E-state index contributed by atoms with van der Waals surface area (Å²) in [5, 5.41) is 18.8. The third-order valence-electron chi connectivity index (χ3n) is 1.22. The van der Waals surface area contributed by atoms with Gasteiger partial charge in [-0.2, -0.15) is 0 Å². The van der Waals surface area contributed by atoms with Crippen LogP contribution in [-0.4, -0.2) is 21.0 Å². The lowest BCUT2D eigenvalue weighted by atomic mass is 10.3. The predicted octanol–water partition coefficient (Wildman–Crippen LogP) is 1.45. The average molecular weight is 247 g/mol. The van der Waals surface area contributed by atoms with Gasteiger partial charge in [0.2, 0.25) is 0 Å². The number of carbonyl (C=O) groups is 1. The van der Waals surface area contributed by atoms with Crippen molar-refractivity contribution in [2.24, 2.45) is 0 Å². The van der Waals surface area contributed by atoms with Crippen LogP contribution in [0.4, 0.5) is 5.82 Å². The topological polar surface area (TPSA) is 93.3 Å². The molecule has 1 aromatic rings. The second-order valence-corrected chi connectivity index (χ2v) is 2.92. The largest absolute Gasteiger partial charge is 0.475 e. The van der Waals surface area contributed by atoms with Crippen molar-refractivity contribution in [3.05, 3.63) is 32.4 Å². The summed E-state index contributed by atoms with van der Waals surface area (Å²) in [5.41, 5.74) is -0.352. The second kappa shape index (κ2) is 3.48. The summed E-state index contributed by atoms with van der Waals surface area (Å²) < 4.78 is 0.155. The Morgan fingerprint density at radius 3 is 2.69 bits per heavy atom. The lowest BCUT2D eigenvalue weighted by Gasteiger charge is -1.94. The Kier molecular flexibility index (Phi) is 2.57. The summed E-state index contributed by atoms with van der Waals surface area (Å²) in [6, 6.07) is 2.45. The number of hydrogen-bond donors (Lipinski definition) is 1. The Bertz CT molecular complexity index is 379. The molecule has 0 aromatic carbocycles. The minimum absolute atomic E-state index is 0.155. The van der Waals surface area contributed by atoms with Crippen LogP contribution in [0, 0.1) is 10.1 Å². The quantitative estimate of drug-likeness (QED) is 0.630. The third kappa shape index (κ3) is 2.00. The molecule has 68 valence electrons. The maximum Gasteiger partial charge on any atom is 0.380 e. The molecule has 0 aliphatic heterocycles. The average Bonchev–Trinajstić information content (AvgIpc) is 2.04. The van der Waals surface area contributed by atoms with Crippen LogP contribution in [0.25, 0.3) is 0 Å². The van der Waals surface area contributed by atoms with Crippen LogP contribution in [0.3, 0.4) is 0 Å². The zero-order valence-corrected chi connectivity index (χ0v) is 7.69. The normalized spacial score (nSPS) is 9.62. The Balaban J connectivity index is 3.27. The number of nitrogens with zero attached hydrogens (tertiary/aromatic N) is 2. The van der Waals surface area contributed by atoms with Gasteiger partial charge in [0, 0.05) is 0 Å². The van der Waals surface area contributed by atoms with Gasteiger partial charge in [0.05, 0.1) is 0 Å². The predicted molar refractivity (Wildman–Crippen MR) is 45.6 cm³/mol. The van der Waals surface area contributed by atoms with E-state index in [-0.39, 0.29) is 10.2 Å². The van der Waals surface area contributed by atoms with Crippen molar-refractivity contribution >= 4 is 27.7 Å². The van der Waals surface area contributed by atoms with E-state index in [1.165, 1.54) is 12.1 Å². The summed E-state index contributed by atoms with van der Waals surface area (Å²) in [5.74, 6) is -1.80. The number of aromatic carboxylic acids is 1. The molecule has 0 amide bonds. The van der Waals surface area contributed by atoms with Gasteiger partial charge >= 0.3 is 11.8 Å². The van der Waals surface area contributed by atoms with Crippen LogP contribution in [0.1, 0.15) is 10.5 Å². The van der Waals surface area contributed by atoms with E-state index in [0.717, 1.165) is 0 Å². The lowest BCUT2D eigenvalue weighted by molar-refractivity contribution is -0.390. The van der Waals surface area contributed by atoms with Gasteiger partial charge in [-0.1, -0.05) is 0 Å². The summed E-state index contributed by atoms with van der Waals surface area (Å²) >= 11 is 2.88. The maximum absolute atomic E-state index is 10.4. The molecule has 1 rings (SSSR count). The minimum atomic E-state index is -1.30. The standard InChI is InChI=1S/C6H3BrN2O4/c7-3-1-2-4(6(10)11)8-5(3)9(12)13/h1-2H,(H,10,11). The van der Waals surface area contributed by atoms with E-state index in [0.29, 0.717) is 0 Å². The van der Waals surface area contributed by atoms with Gasteiger partial charge in [0.1, 0.15) is 4.47 Å². The van der Waals surface area contributed by atoms with Crippen molar-refractivity contribution in [3.8, 4) is 0 Å². The highest BCUT2D eigenvalue weighted by Gasteiger charge is 2.19.